The second kappa shape index (κ2) is 10.5. The van der Waals surface area contributed by atoms with E-state index in [0.29, 0.717) is 11.3 Å². The molecule has 3 aliphatic rings. The highest BCUT2D eigenvalue weighted by atomic mass is 32.2. The Balaban J connectivity index is 1.17. The summed E-state index contributed by atoms with van der Waals surface area (Å²) in [7, 11) is 0. The minimum Gasteiger partial charge on any atom is -0.381 e. The maximum Gasteiger partial charge on any atom is 0.418 e. The zero-order valence-corrected chi connectivity index (χ0v) is 21.7. The maximum atomic E-state index is 13.4. The molecule has 2 aliphatic heterocycles. The van der Waals surface area contributed by atoms with Crippen LogP contribution in [0.1, 0.15) is 47.0 Å². The number of para-hydroxylation sites is 1. The molecule has 6 rings (SSSR count). The van der Waals surface area contributed by atoms with Crippen LogP contribution in [-0.2, 0) is 28.5 Å². The summed E-state index contributed by atoms with van der Waals surface area (Å²) in [6.45, 7) is 3.14. The first-order valence-corrected chi connectivity index (χ1v) is 14.0. The van der Waals surface area contributed by atoms with E-state index in [1.165, 1.54) is 17.2 Å². The quantitative estimate of drug-likeness (QED) is 0.481. The van der Waals surface area contributed by atoms with Gasteiger partial charge in [-0.05, 0) is 55.0 Å². The standard InChI is InChI=1S/C27H30F3N5O2S/c28-27(29,30)19-2-1-3-20-26(19)34-24(32-20)12-25(36)33-21-14-35(17-7-10-37-11-8-17)15-23(21)38-22-5-4-16-6-9-31-13-18(16)22/h1-3,6,9,13,17,21-23H,4-5,7-8,10-12,14-15H2,(H,32,34)(H,33,36)/t21?,22?,23-/m0/s1. The fourth-order valence-electron chi connectivity index (χ4n) is 5.98. The molecule has 1 aliphatic carbocycles. The molecular formula is C27H30F3N5O2S. The number of carbonyl (C=O) groups excluding carboxylic acids is 1. The summed E-state index contributed by atoms with van der Waals surface area (Å²) in [4.78, 5) is 27.0. The van der Waals surface area contributed by atoms with Crippen LogP contribution in [0.3, 0.4) is 0 Å². The van der Waals surface area contributed by atoms with Crippen molar-refractivity contribution in [2.75, 3.05) is 26.3 Å². The number of nitrogens with zero attached hydrogens (tertiary/aromatic N) is 3. The number of halogens is 3. The van der Waals surface area contributed by atoms with Crippen LogP contribution in [0.5, 0.6) is 0 Å². The number of benzene rings is 1. The summed E-state index contributed by atoms with van der Waals surface area (Å²) in [5.41, 5.74) is 1.95. The molecule has 1 aromatic carbocycles. The number of hydrogen-bond donors (Lipinski definition) is 2. The molecule has 2 fully saturated rings. The summed E-state index contributed by atoms with van der Waals surface area (Å²) >= 11 is 1.91. The van der Waals surface area contributed by atoms with Gasteiger partial charge in [0.05, 0.1) is 23.5 Å². The fraction of sp³-hybridized carbons (Fsp3) is 0.519. The number of carbonyl (C=O) groups is 1. The van der Waals surface area contributed by atoms with Gasteiger partial charge in [-0.2, -0.15) is 13.2 Å². The van der Waals surface area contributed by atoms with E-state index >= 15 is 0 Å². The molecule has 38 heavy (non-hydrogen) atoms. The summed E-state index contributed by atoms with van der Waals surface area (Å²) in [5.74, 6) is -0.0102. The van der Waals surface area contributed by atoms with Crippen LogP contribution in [-0.4, -0.2) is 69.4 Å². The summed E-state index contributed by atoms with van der Waals surface area (Å²) < 4.78 is 45.8. The van der Waals surface area contributed by atoms with Gasteiger partial charge in [0, 0.05) is 55.2 Å². The number of fused-ring (bicyclic) bond motifs is 2. The summed E-state index contributed by atoms with van der Waals surface area (Å²) in [6.07, 6.45) is 3.25. The fourth-order valence-corrected chi connectivity index (χ4v) is 7.64. The third-order valence-corrected chi connectivity index (χ3v) is 9.50. The van der Waals surface area contributed by atoms with E-state index in [-0.39, 0.29) is 40.5 Å². The van der Waals surface area contributed by atoms with Crippen LogP contribution in [0.4, 0.5) is 13.2 Å². The number of imidazole rings is 1. The van der Waals surface area contributed by atoms with Crippen molar-refractivity contribution in [2.24, 2.45) is 0 Å². The lowest BCUT2D eigenvalue weighted by atomic mass is 10.1. The van der Waals surface area contributed by atoms with Crippen molar-refractivity contribution >= 4 is 28.7 Å². The van der Waals surface area contributed by atoms with Crippen molar-refractivity contribution in [1.29, 1.82) is 0 Å². The van der Waals surface area contributed by atoms with E-state index in [0.717, 1.165) is 58.1 Å². The predicted octanol–water partition coefficient (Wildman–Crippen LogP) is 4.29. The van der Waals surface area contributed by atoms with Crippen LogP contribution in [0.15, 0.2) is 36.7 Å². The van der Waals surface area contributed by atoms with E-state index in [2.05, 4.69) is 31.2 Å². The van der Waals surface area contributed by atoms with E-state index < -0.39 is 11.7 Å². The van der Waals surface area contributed by atoms with E-state index in [4.69, 9.17) is 4.74 Å². The van der Waals surface area contributed by atoms with Gasteiger partial charge in [-0.1, -0.05) is 6.07 Å². The van der Waals surface area contributed by atoms with Crippen molar-refractivity contribution < 1.29 is 22.7 Å². The molecule has 202 valence electrons. The number of aromatic nitrogens is 3. The molecule has 2 aromatic heterocycles. The average molecular weight is 546 g/mol. The van der Waals surface area contributed by atoms with Gasteiger partial charge in [0.2, 0.25) is 5.91 Å². The monoisotopic (exact) mass is 545 g/mol. The van der Waals surface area contributed by atoms with Crippen LogP contribution in [0.2, 0.25) is 0 Å². The molecule has 4 heterocycles. The van der Waals surface area contributed by atoms with Crippen LogP contribution in [0, 0.1) is 0 Å². The number of ether oxygens (including phenoxy) is 1. The topological polar surface area (TPSA) is 83.1 Å². The molecule has 3 aromatic rings. The highest BCUT2D eigenvalue weighted by Gasteiger charge is 2.40. The zero-order chi connectivity index (χ0) is 26.3. The Morgan fingerprint density at radius 3 is 2.84 bits per heavy atom. The summed E-state index contributed by atoms with van der Waals surface area (Å²) in [5, 5.41) is 3.74. The number of rotatable bonds is 6. The molecule has 11 heteroatoms. The second-order valence-corrected chi connectivity index (χ2v) is 11.8. The van der Waals surface area contributed by atoms with Crippen molar-refractivity contribution in [3.63, 3.8) is 0 Å². The van der Waals surface area contributed by atoms with Crippen molar-refractivity contribution in [3.05, 3.63) is 59.2 Å². The average Bonchev–Trinajstić information content (AvgIpc) is 3.61. The minimum atomic E-state index is -4.51. The van der Waals surface area contributed by atoms with Gasteiger partial charge in [0.25, 0.3) is 0 Å². The molecule has 3 atom stereocenters. The number of aromatic amines is 1. The normalized spacial score (nSPS) is 24.7. The largest absolute Gasteiger partial charge is 0.418 e. The Labute approximate surface area is 222 Å². The Hall–Kier alpha value is -2.63. The molecule has 7 nitrogen and oxygen atoms in total. The van der Waals surface area contributed by atoms with Gasteiger partial charge in [0.1, 0.15) is 11.3 Å². The number of pyridine rings is 1. The third kappa shape index (κ3) is 5.28. The number of hydrogen-bond acceptors (Lipinski definition) is 6. The lowest BCUT2D eigenvalue weighted by Gasteiger charge is -2.31. The first-order chi connectivity index (χ1) is 18.3. The second-order valence-electron chi connectivity index (χ2n) is 10.3. The van der Waals surface area contributed by atoms with Crippen LogP contribution >= 0.6 is 11.8 Å². The van der Waals surface area contributed by atoms with Gasteiger partial charge in [-0.15, -0.1) is 11.8 Å². The Kier molecular flexibility index (Phi) is 7.09. The number of likely N-dealkylation sites (tertiary alicyclic amines) is 1. The first-order valence-electron chi connectivity index (χ1n) is 13.1. The molecule has 0 bridgehead atoms. The van der Waals surface area contributed by atoms with E-state index in [9.17, 15) is 18.0 Å². The van der Waals surface area contributed by atoms with Gasteiger partial charge < -0.3 is 15.0 Å². The number of nitrogens with one attached hydrogen (secondary N) is 2. The Morgan fingerprint density at radius 2 is 2.03 bits per heavy atom. The lowest BCUT2D eigenvalue weighted by Crippen LogP contribution is -2.44. The highest BCUT2D eigenvalue weighted by molar-refractivity contribution is 8.00. The van der Waals surface area contributed by atoms with Crippen LogP contribution in [0.25, 0.3) is 11.0 Å². The lowest BCUT2D eigenvalue weighted by molar-refractivity contribution is -0.136. The molecule has 2 unspecified atom stereocenters. The third-order valence-electron chi connectivity index (χ3n) is 7.85. The number of aryl methyl sites for hydroxylation is 1. The van der Waals surface area contributed by atoms with Gasteiger partial charge in [-0.3, -0.25) is 14.7 Å². The van der Waals surface area contributed by atoms with Crippen molar-refractivity contribution in [3.8, 4) is 0 Å². The number of amides is 1. The Morgan fingerprint density at radius 1 is 1.18 bits per heavy atom. The first kappa shape index (κ1) is 25.6. The van der Waals surface area contributed by atoms with Gasteiger partial charge in [-0.25, -0.2) is 4.98 Å². The smallest absolute Gasteiger partial charge is 0.381 e. The number of H-pyrrole nitrogens is 1. The molecule has 1 amide bonds. The molecule has 2 saturated heterocycles. The van der Waals surface area contributed by atoms with Gasteiger partial charge in [0.15, 0.2) is 0 Å². The molecular weight excluding hydrogens is 515 g/mol. The Bertz CT molecular complexity index is 1310. The molecule has 0 spiro atoms. The van der Waals surface area contributed by atoms with Crippen molar-refractivity contribution in [1.82, 2.24) is 25.2 Å². The summed E-state index contributed by atoms with van der Waals surface area (Å²) in [6, 6.07) is 6.36. The predicted molar refractivity (Wildman–Crippen MR) is 139 cm³/mol. The van der Waals surface area contributed by atoms with Gasteiger partial charge >= 0.3 is 6.18 Å². The SMILES string of the molecule is O=C(Cc1nc2c(C(F)(F)F)cccc2[nH]1)NC1CN(C2CCOCC2)C[C@@H]1SC1CCc2ccncc21. The van der Waals surface area contributed by atoms with E-state index in [1.807, 2.05) is 24.2 Å². The zero-order valence-electron chi connectivity index (χ0n) is 20.8. The minimum absolute atomic E-state index is 0.0637. The van der Waals surface area contributed by atoms with Crippen molar-refractivity contribution in [2.45, 2.75) is 60.9 Å². The van der Waals surface area contributed by atoms with E-state index in [1.54, 1.807) is 6.07 Å². The van der Waals surface area contributed by atoms with Crippen LogP contribution < -0.4 is 5.32 Å². The molecule has 0 saturated carbocycles. The highest BCUT2D eigenvalue weighted by Crippen LogP contribution is 2.45. The molecule has 0 radical (unpaired) electrons. The number of thioether (sulfide) groups is 1. The number of alkyl halides is 3. The molecule has 2 N–H and O–H groups in total. The maximum absolute atomic E-state index is 13.4.